The summed E-state index contributed by atoms with van der Waals surface area (Å²) in [4.78, 5) is 78.6. The summed E-state index contributed by atoms with van der Waals surface area (Å²) in [5, 5.41) is 91.1. The van der Waals surface area contributed by atoms with Crippen LogP contribution < -0.4 is 11.1 Å². The normalized spacial score (nSPS) is 33.6. The van der Waals surface area contributed by atoms with Crippen LogP contribution in [0, 0.1) is 23.7 Å². The zero-order chi connectivity index (χ0) is 61.6. The maximum Gasteiger partial charge on any atom is 0.314 e. The molecule has 0 saturated carbocycles. The second-order valence-corrected chi connectivity index (χ2v) is 21.8. The van der Waals surface area contributed by atoms with Gasteiger partial charge in [-0.1, -0.05) is 113 Å². The maximum absolute atomic E-state index is 13.3. The van der Waals surface area contributed by atoms with Crippen molar-refractivity contribution in [2.24, 2.45) is 23.7 Å². The molecule has 2 aliphatic heterocycles. The summed E-state index contributed by atoms with van der Waals surface area (Å²) < 4.78 is 23.2. The molecule has 20 heteroatoms. The molecular weight excluding hydrogens is 1070 g/mol. The molecule has 1 fully saturated rings. The minimum atomic E-state index is -1.81. The van der Waals surface area contributed by atoms with Crippen molar-refractivity contribution in [1.82, 2.24) is 5.32 Å². The molecule has 0 amide bonds. The number of anilines is 1. The lowest BCUT2D eigenvalue weighted by atomic mass is 9.83. The van der Waals surface area contributed by atoms with Gasteiger partial charge in [-0.2, -0.15) is 0 Å². The van der Waals surface area contributed by atoms with Gasteiger partial charge in [-0.25, -0.2) is 0 Å². The van der Waals surface area contributed by atoms with Crippen molar-refractivity contribution in [3.05, 3.63) is 115 Å². The number of cyclic esters (lactones) is 1. The average Bonchev–Trinajstić information content (AvgIpc) is 3.60. The Morgan fingerprint density at radius 2 is 1.25 bits per heavy atom. The van der Waals surface area contributed by atoms with Crippen molar-refractivity contribution >= 4 is 40.8 Å². The first-order valence-electron chi connectivity index (χ1n) is 28.9. The Kier molecular flexibility index (Phi) is 33.1. The summed E-state index contributed by atoms with van der Waals surface area (Å²) in [6.07, 6.45) is 6.04. The van der Waals surface area contributed by atoms with Gasteiger partial charge in [0.05, 0.1) is 67.6 Å². The minimum absolute atomic E-state index is 0.0720. The van der Waals surface area contributed by atoms with Gasteiger partial charge in [0, 0.05) is 62.1 Å². The highest BCUT2D eigenvalue weighted by molar-refractivity contribution is 5.97. The van der Waals surface area contributed by atoms with Crippen LogP contribution in [0.2, 0.25) is 0 Å². The van der Waals surface area contributed by atoms with E-state index < -0.39 is 140 Å². The van der Waals surface area contributed by atoms with Crippen molar-refractivity contribution in [1.29, 1.82) is 0 Å². The van der Waals surface area contributed by atoms with Crippen molar-refractivity contribution in [2.45, 2.75) is 198 Å². The molecule has 17 atom stereocenters. The van der Waals surface area contributed by atoms with E-state index in [4.69, 9.17) is 24.7 Å². The third-order valence-corrected chi connectivity index (χ3v) is 14.5. The van der Waals surface area contributed by atoms with Crippen molar-refractivity contribution in [3.63, 3.8) is 0 Å². The number of nitrogens with one attached hydrogen (secondary N) is 1. The molecule has 0 spiro atoms. The predicted octanol–water partition coefficient (Wildman–Crippen LogP) is 4.74. The number of ketones is 4. The van der Waals surface area contributed by atoms with Gasteiger partial charge in [0.2, 0.25) is 0 Å². The molecule has 2 heterocycles. The number of hydrogen-bond donors (Lipinski definition) is 10. The molecule has 462 valence electrons. The van der Waals surface area contributed by atoms with Crippen LogP contribution in [0.4, 0.5) is 5.69 Å². The number of likely N-dealkylation sites (N-methyl/N-ethyl adjacent to an activating group) is 1. The number of allylic oxidation sites excluding steroid dienone is 12. The molecule has 0 radical (unpaired) electrons. The van der Waals surface area contributed by atoms with Gasteiger partial charge < -0.3 is 70.9 Å². The fourth-order valence-electron chi connectivity index (χ4n) is 10.0. The minimum Gasteiger partial charge on any atom is -0.466 e. The fraction of sp³-hybridized carbons (Fsp3) is 0.587. The second kappa shape index (κ2) is 38.4. The van der Waals surface area contributed by atoms with Gasteiger partial charge in [0.25, 0.3) is 0 Å². The smallest absolute Gasteiger partial charge is 0.314 e. The maximum atomic E-state index is 13.3. The summed E-state index contributed by atoms with van der Waals surface area (Å²) >= 11 is 0. The third kappa shape index (κ3) is 26.9. The number of esters is 2. The highest BCUT2D eigenvalue weighted by atomic mass is 16.7. The summed E-state index contributed by atoms with van der Waals surface area (Å²) in [7, 11) is 0. The summed E-state index contributed by atoms with van der Waals surface area (Å²) in [6, 6.07) is 5.60. The molecular formula is C63H92N2O18. The van der Waals surface area contributed by atoms with Crippen LogP contribution in [0.5, 0.6) is 0 Å². The molecule has 3 rings (SSSR count). The van der Waals surface area contributed by atoms with Crippen LogP contribution in [-0.2, 0) is 42.9 Å². The number of aliphatic hydroxyl groups excluding tert-OH is 8. The number of nitrogen functional groups attached to an aromatic ring is 1. The van der Waals surface area contributed by atoms with Crippen LogP contribution in [-0.4, -0.2) is 169 Å². The lowest BCUT2D eigenvalue weighted by Gasteiger charge is -2.42. The Morgan fingerprint density at radius 3 is 1.83 bits per heavy atom. The average molecular weight is 1170 g/mol. The topological polar surface area (TPSA) is 339 Å². The Hall–Kier alpha value is -5.62. The quantitative estimate of drug-likeness (QED) is 0.0552. The van der Waals surface area contributed by atoms with Gasteiger partial charge in [-0.3, -0.25) is 28.8 Å². The lowest BCUT2D eigenvalue weighted by molar-refractivity contribution is -0.281. The first kappa shape index (κ1) is 71.6. The lowest BCUT2D eigenvalue weighted by Crippen LogP contribution is -2.63. The van der Waals surface area contributed by atoms with E-state index in [9.17, 15) is 69.6 Å². The van der Waals surface area contributed by atoms with E-state index in [1.807, 2.05) is 26.8 Å². The van der Waals surface area contributed by atoms with Crippen LogP contribution >= 0.6 is 0 Å². The number of rotatable bonds is 13. The van der Waals surface area contributed by atoms with Crippen molar-refractivity contribution in [3.8, 4) is 0 Å². The standard InChI is InChI=1S/C63H92N2O18/c1-7-65-58-59(77)42(6)81-63(60(58)78)82-51-25-20-18-16-14-12-10-9-11-13-15-17-19-22-39(3)61(41(5)30-40(4)52(72)38-53(73)43-26-28-44(64)29-27-43)83-56(76)36-46(67)24-21-23-45(66)31-47(68)32-48(69)33-49(70)34-50(71)35-54(74)57(55(75)37-51)62(79)80-8-2/h9-20,22,25-29,39-42,47-49,51-52,54-55,57-61,63,65,68-70,72,74-75,77-78H,7-8,21,23-24,30-38,64H2,1-6H3/b10-9+,13-11+,14-12+,17-15+,18-16+,22-19+,25-20+/t39-,40?,41?,42+,47+,48+,49+,51-,52?,54-,55?,57+,58-,59+,60-,61?,63-/m0/s1. The second-order valence-electron chi connectivity index (χ2n) is 21.8. The van der Waals surface area contributed by atoms with E-state index in [0.717, 1.165) is 0 Å². The Balaban J connectivity index is 1.87. The first-order chi connectivity index (χ1) is 39.4. The van der Waals surface area contributed by atoms with Crippen molar-refractivity contribution < 1.29 is 88.6 Å². The third-order valence-electron chi connectivity index (χ3n) is 14.5. The molecule has 0 bridgehead atoms. The van der Waals surface area contributed by atoms with Crippen LogP contribution in [0.15, 0.2) is 109 Å². The van der Waals surface area contributed by atoms with Crippen LogP contribution in [0.1, 0.15) is 129 Å². The SMILES string of the molecule is CCN[C@@H]1[C@H](O)[C@H](O[C@H]2/C=C/C=C/C=C/C=C/C=C/C=C/C=C/[C@H](C)C(C(C)CC(C)C(O)CC(=O)c3ccc(N)cc3)OC(=O)CC(=O)CCCC(=O)C[C@@H](O)C[C@@H](O)C[C@@H](O)CC(=O)C[C@H](O)[C@@H](C(=O)OCC)C(O)C2)O[C@H](C)[C@H]1O. The van der Waals surface area contributed by atoms with Crippen LogP contribution in [0.3, 0.4) is 0 Å². The molecule has 0 aromatic heterocycles. The Morgan fingerprint density at radius 1 is 0.699 bits per heavy atom. The largest absolute Gasteiger partial charge is 0.466 e. The highest BCUT2D eigenvalue weighted by Gasteiger charge is 2.45. The molecule has 83 heavy (non-hydrogen) atoms. The number of benzene rings is 1. The molecule has 11 N–H and O–H groups in total. The molecule has 1 aromatic carbocycles. The number of carbonyl (C=O) groups excluding carboxylic acids is 6. The van der Waals surface area contributed by atoms with Crippen LogP contribution in [0.25, 0.3) is 0 Å². The number of Topliss-reactive ketones (excluding diaryl/α,β-unsaturated/α-hetero) is 4. The zero-order valence-corrected chi connectivity index (χ0v) is 48.8. The summed E-state index contributed by atoms with van der Waals surface area (Å²) in [5.41, 5.74) is 6.69. The molecule has 1 aromatic rings. The van der Waals surface area contributed by atoms with Gasteiger partial charge in [0.15, 0.2) is 12.1 Å². The highest BCUT2D eigenvalue weighted by Crippen LogP contribution is 2.30. The van der Waals surface area contributed by atoms with Gasteiger partial charge in [-0.05, 0) is 82.2 Å². The van der Waals surface area contributed by atoms with Gasteiger partial charge >= 0.3 is 11.9 Å². The van der Waals surface area contributed by atoms with E-state index in [1.54, 1.807) is 111 Å². The van der Waals surface area contributed by atoms with E-state index in [1.165, 1.54) is 13.0 Å². The van der Waals surface area contributed by atoms with Crippen molar-refractivity contribution in [2.75, 3.05) is 18.9 Å². The van der Waals surface area contributed by atoms with E-state index in [-0.39, 0.29) is 75.1 Å². The zero-order valence-electron chi connectivity index (χ0n) is 48.8. The summed E-state index contributed by atoms with van der Waals surface area (Å²) in [6.45, 7) is 10.7. The predicted molar refractivity (Wildman–Crippen MR) is 312 cm³/mol. The first-order valence-corrected chi connectivity index (χ1v) is 28.9. The number of hydrogen-bond acceptors (Lipinski definition) is 20. The van der Waals surface area contributed by atoms with Gasteiger partial charge in [-0.15, -0.1) is 0 Å². The molecule has 5 unspecified atom stereocenters. The van der Waals surface area contributed by atoms with E-state index >= 15 is 0 Å². The molecule has 20 nitrogen and oxygen atoms in total. The monoisotopic (exact) mass is 1160 g/mol. The number of ether oxygens (including phenoxy) is 4. The number of aliphatic hydroxyl groups is 8. The Bertz CT molecular complexity index is 2380. The molecule has 2 aliphatic rings. The van der Waals surface area contributed by atoms with E-state index in [2.05, 4.69) is 5.32 Å². The Labute approximate surface area is 488 Å². The number of carbonyl (C=O) groups is 6. The summed E-state index contributed by atoms with van der Waals surface area (Å²) in [5.74, 6) is -6.41. The molecule has 1 saturated heterocycles. The fourth-order valence-corrected chi connectivity index (χ4v) is 10.0. The van der Waals surface area contributed by atoms with Gasteiger partial charge in [0.1, 0.15) is 41.9 Å². The van der Waals surface area contributed by atoms with E-state index in [0.29, 0.717) is 24.2 Å². The molecule has 0 aliphatic carbocycles. The number of nitrogens with two attached hydrogens (primary N) is 1.